The number of thiol groups is 1. The number of pyridine rings is 1. The lowest BCUT2D eigenvalue weighted by Crippen LogP contribution is -2.56. The Bertz CT molecular complexity index is 762. The average Bonchev–Trinajstić information content (AvgIpc) is 2.52. The van der Waals surface area contributed by atoms with Crippen molar-refractivity contribution in [2.45, 2.75) is 51.2 Å². The second-order valence-electron chi connectivity index (χ2n) is 7.29. The van der Waals surface area contributed by atoms with Gasteiger partial charge in [0.05, 0.1) is 24.8 Å². The molecule has 1 aromatic rings. The van der Waals surface area contributed by atoms with Crippen LogP contribution in [0.1, 0.15) is 33.6 Å². The molecule has 7 nitrogen and oxygen atoms in total. The predicted octanol–water partition coefficient (Wildman–Crippen LogP) is 3.10. The first-order valence-electron chi connectivity index (χ1n) is 8.29. The van der Waals surface area contributed by atoms with Crippen LogP contribution >= 0.6 is 11.6 Å². The van der Waals surface area contributed by atoms with E-state index in [2.05, 4.69) is 4.98 Å². The van der Waals surface area contributed by atoms with Crippen LogP contribution in [0.3, 0.4) is 0 Å². The molecule has 11 heteroatoms. The monoisotopic (exact) mass is 425 g/mol. The highest BCUT2D eigenvalue weighted by Gasteiger charge is 2.44. The van der Waals surface area contributed by atoms with Gasteiger partial charge >= 0.3 is 6.09 Å². The predicted molar refractivity (Wildman–Crippen MR) is 97.8 cm³/mol. The van der Waals surface area contributed by atoms with Crippen LogP contribution < -0.4 is 4.31 Å². The van der Waals surface area contributed by atoms with Crippen molar-refractivity contribution < 1.29 is 26.7 Å². The number of rotatable bonds is 4. The molecule has 1 aliphatic rings. The molecule has 1 aromatic heterocycles. The van der Waals surface area contributed by atoms with Crippen molar-refractivity contribution in [2.75, 3.05) is 17.4 Å². The minimum atomic E-state index is -3.13. The van der Waals surface area contributed by atoms with Gasteiger partial charge in [0.2, 0.25) is 10.9 Å². The summed E-state index contributed by atoms with van der Waals surface area (Å²) in [7, 11) is -3.13. The zero-order chi connectivity index (χ0) is 20.4. The number of carbonyl (C=O) groups is 1. The van der Waals surface area contributed by atoms with E-state index in [1.807, 2.05) is 0 Å². The quantitative estimate of drug-likeness (QED) is 0.592. The molecular formula is C16H22ClF2N3O4S. The lowest BCUT2D eigenvalue weighted by molar-refractivity contribution is -0.0837. The highest BCUT2D eigenvalue weighted by atomic mass is 35.5. The highest BCUT2D eigenvalue weighted by molar-refractivity contribution is 7.74. The fraction of sp³-hybridized carbons (Fsp3) is 0.625. The van der Waals surface area contributed by atoms with E-state index in [4.69, 9.17) is 16.3 Å². The second kappa shape index (κ2) is 8.14. The third-order valence-electron chi connectivity index (χ3n) is 3.91. The van der Waals surface area contributed by atoms with Crippen LogP contribution in [0.5, 0.6) is 0 Å². The molecule has 27 heavy (non-hydrogen) atoms. The lowest BCUT2D eigenvalue weighted by Gasteiger charge is -2.41. The molecule has 0 aliphatic carbocycles. The largest absolute Gasteiger partial charge is 0.444 e. The van der Waals surface area contributed by atoms with Gasteiger partial charge in [0.15, 0.2) is 5.15 Å². The lowest BCUT2D eigenvalue weighted by atomic mass is 9.99. The molecule has 1 atom stereocenters. The van der Waals surface area contributed by atoms with Gasteiger partial charge in [-0.3, -0.25) is 9.21 Å². The number of aromatic nitrogens is 1. The van der Waals surface area contributed by atoms with Gasteiger partial charge in [-0.1, -0.05) is 11.6 Å². The van der Waals surface area contributed by atoms with Gasteiger partial charge in [0.25, 0.3) is 5.92 Å². The van der Waals surface area contributed by atoms with E-state index in [-0.39, 0.29) is 23.8 Å². The molecular weight excluding hydrogens is 404 g/mol. The molecule has 2 rings (SSSR count). The van der Waals surface area contributed by atoms with E-state index in [1.165, 1.54) is 18.3 Å². The topological polar surface area (TPSA) is 79.8 Å². The Balaban J connectivity index is 2.29. The van der Waals surface area contributed by atoms with Crippen LogP contribution in [0.15, 0.2) is 18.3 Å². The van der Waals surface area contributed by atoms with Crippen LogP contribution in [0.4, 0.5) is 19.3 Å². The van der Waals surface area contributed by atoms with E-state index >= 15 is 0 Å². The number of nitrogens with zero attached hydrogens (tertiary/aromatic N) is 3. The number of hydrogen-bond acceptors (Lipinski definition) is 5. The number of carbonyl (C=O) groups excluding carboxylic acids is 1. The molecule has 1 amide bonds. The third kappa shape index (κ3) is 5.90. The van der Waals surface area contributed by atoms with E-state index in [1.54, 1.807) is 20.8 Å². The first kappa shape index (κ1) is 21.6. The molecule has 2 heterocycles. The summed E-state index contributed by atoms with van der Waals surface area (Å²) >= 11 is 5.97. The van der Waals surface area contributed by atoms with E-state index < -0.39 is 47.5 Å². The van der Waals surface area contributed by atoms with E-state index in [0.717, 1.165) is 9.21 Å². The Morgan fingerprint density at radius 2 is 2.15 bits per heavy atom. The second-order valence-corrected chi connectivity index (χ2v) is 8.61. The number of hydrogen-bond donors (Lipinski definition) is 1. The summed E-state index contributed by atoms with van der Waals surface area (Å²) in [6.45, 7) is 3.81. The smallest absolute Gasteiger partial charge is 0.410 e. The molecule has 152 valence electrons. The van der Waals surface area contributed by atoms with Gasteiger partial charge < -0.3 is 4.74 Å². The summed E-state index contributed by atoms with van der Waals surface area (Å²) in [5.74, 6) is -3.07. The van der Waals surface area contributed by atoms with Crippen LogP contribution in [0.25, 0.3) is 0 Å². The number of amides is 1. The summed E-state index contributed by atoms with van der Waals surface area (Å²) in [5, 5.41) is -0.0401. The van der Waals surface area contributed by atoms with Gasteiger partial charge in [-0.25, -0.2) is 27.0 Å². The highest BCUT2D eigenvalue weighted by Crippen LogP contribution is 2.33. The maximum absolute atomic E-state index is 13.9. The number of likely N-dealkylation sites (tertiary alicyclic amines) is 1. The molecule has 1 aliphatic heterocycles. The third-order valence-corrected chi connectivity index (χ3v) is 4.98. The number of anilines is 1. The Morgan fingerprint density at radius 1 is 1.48 bits per heavy atom. The zero-order valence-corrected chi connectivity index (χ0v) is 16.8. The van der Waals surface area contributed by atoms with Crippen LogP contribution in [0, 0.1) is 0 Å². The molecule has 0 spiro atoms. The molecule has 1 unspecified atom stereocenters. The summed E-state index contributed by atoms with van der Waals surface area (Å²) in [4.78, 5) is 17.2. The Labute approximate surface area is 163 Å². The van der Waals surface area contributed by atoms with Crippen molar-refractivity contribution in [1.29, 1.82) is 0 Å². The molecule has 1 fully saturated rings. The van der Waals surface area contributed by atoms with Crippen LogP contribution in [-0.2, 0) is 15.6 Å². The minimum absolute atomic E-state index is 0.0401. The van der Waals surface area contributed by atoms with Gasteiger partial charge in [-0.15, -0.1) is 0 Å². The van der Waals surface area contributed by atoms with Crippen LogP contribution in [-0.4, -0.2) is 55.0 Å². The fourth-order valence-electron chi connectivity index (χ4n) is 2.74. The van der Waals surface area contributed by atoms with Crippen molar-refractivity contribution in [3.05, 3.63) is 23.5 Å². The average molecular weight is 426 g/mol. The molecule has 1 saturated heterocycles. The first-order valence-corrected chi connectivity index (χ1v) is 9.80. The summed E-state index contributed by atoms with van der Waals surface area (Å²) < 4.78 is 57.4. The molecule has 0 radical (unpaired) electrons. The van der Waals surface area contributed by atoms with Crippen LogP contribution in [0.2, 0.25) is 5.15 Å². The fourth-order valence-corrected chi connectivity index (χ4v) is 3.68. The van der Waals surface area contributed by atoms with Crippen molar-refractivity contribution >= 4 is 34.3 Å². The van der Waals surface area contributed by atoms with E-state index in [0.29, 0.717) is 0 Å². The number of ether oxygens (including phenoxy) is 1. The first-order chi connectivity index (χ1) is 12.4. The number of alkyl halides is 2. The van der Waals surface area contributed by atoms with Crippen molar-refractivity contribution in [1.82, 2.24) is 9.88 Å². The number of piperidine rings is 1. The zero-order valence-electron chi connectivity index (χ0n) is 15.2. The van der Waals surface area contributed by atoms with Gasteiger partial charge in [0, 0.05) is 12.6 Å². The maximum Gasteiger partial charge on any atom is 0.410 e. The van der Waals surface area contributed by atoms with E-state index in [9.17, 15) is 22.0 Å². The summed E-state index contributed by atoms with van der Waals surface area (Å²) in [6, 6.07) is 2.17. The van der Waals surface area contributed by atoms with Gasteiger partial charge in [0.1, 0.15) is 5.60 Å². The number of halogens is 3. The van der Waals surface area contributed by atoms with Crippen molar-refractivity contribution in [3.8, 4) is 0 Å². The standard InChI is InChI=1S/C16H22ClF2N3O4S/c1-15(2,3)26-14(23)21-10-16(18,19)7-6-11(21)9-22(27(24)25)12-5-4-8-20-13(12)17/h4-5,8,11,27H,6-7,9-10H2,1-3H3. The Hall–Kier alpha value is -1.68. The Morgan fingerprint density at radius 3 is 2.70 bits per heavy atom. The minimum Gasteiger partial charge on any atom is -0.444 e. The molecule has 0 bridgehead atoms. The van der Waals surface area contributed by atoms with Gasteiger partial charge in [-0.05, 0) is 39.3 Å². The normalized spacial score (nSPS) is 19.8. The summed E-state index contributed by atoms with van der Waals surface area (Å²) in [5.41, 5.74) is -0.749. The summed E-state index contributed by atoms with van der Waals surface area (Å²) in [6.07, 6.45) is -0.0497. The molecule has 0 N–H and O–H groups in total. The van der Waals surface area contributed by atoms with Crippen molar-refractivity contribution in [3.63, 3.8) is 0 Å². The van der Waals surface area contributed by atoms with Crippen molar-refractivity contribution in [2.24, 2.45) is 0 Å². The Kier molecular flexibility index (Phi) is 6.51. The molecule has 0 saturated carbocycles. The maximum atomic E-state index is 13.9. The SMILES string of the molecule is CC(C)(C)OC(=O)N1CC(F)(F)CCC1CN(c1cccnc1Cl)[SH](=O)=O. The van der Waals surface area contributed by atoms with Gasteiger partial charge in [-0.2, -0.15) is 0 Å². The molecule has 0 aromatic carbocycles.